The zero-order valence-electron chi connectivity index (χ0n) is 23.4. The fourth-order valence-electron chi connectivity index (χ4n) is 4.33. The van der Waals surface area contributed by atoms with Gasteiger partial charge in [-0.15, -0.1) is 0 Å². The maximum atomic E-state index is 14.6. The molecule has 0 saturated carbocycles. The molecular formula is C29H34FN3O6S. The highest BCUT2D eigenvalue weighted by Crippen LogP contribution is 2.33. The Morgan fingerprint density at radius 2 is 1.57 bits per heavy atom. The smallest absolute Gasteiger partial charge is 0.264 e. The first-order valence-corrected chi connectivity index (χ1v) is 13.9. The molecule has 9 nitrogen and oxygen atoms in total. The summed E-state index contributed by atoms with van der Waals surface area (Å²) in [6.45, 7) is 4.25. The number of likely N-dealkylation sites (N-methyl/N-ethyl adjacent to an activating group) is 1. The number of nitrogens with one attached hydrogen (secondary N) is 1. The number of benzene rings is 3. The third-order valence-corrected chi connectivity index (χ3v) is 8.20. The minimum atomic E-state index is -4.33. The number of ether oxygens (including phenoxy) is 2. The molecule has 214 valence electrons. The second kappa shape index (κ2) is 12.8. The molecule has 3 aromatic rings. The van der Waals surface area contributed by atoms with Crippen molar-refractivity contribution in [2.75, 3.05) is 32.1 Å². The second-order valence-electron chi connectivity index (χ2n) is 9.28. The number of carbonyl (C=O) groups is 2. The summed E-state index contributed by atoms with van der Waals surface area (Å²) in [7, 11) is -0.0822. The normalized spacial score (nSPS) is 11.9. The van der Waals surface area contributed by atoms with Crippen molar-refractivity contribution in [3.8, 4) is 11.5 Å². The van der Waals surface area contributed by atoms with E-state index in [1.165, 1.54) is 64.6 Å². The molecular weight excluding hydrogens is 537 g/mol. The summed E-state index contributed by atoms with van der Waals surface area (Å²) < 4.78 is 54.2. The van der Waals surface area contributed by atoms with Gasteiger partial charge in [-0.3, -0.25) is 13.9 Å². The van der Waals surface area contributed by atoms with Gasteiger partial charge < -0.3 is 19.7 Å². The van der Waals surface area contributed by atoms with Crippen LogP contribution < -0.4 is 19.1 Å². The second-order valence-corrected chi connectivity index (χ2v) is 11.1. The minimum Gasteiger partial charge on any atom is -0.493 e. The van der Waals surface area contributed by atoms with Crippen molar-refractivity contribution in [1.82, 2.24) is 10.2 Å². The number of hydrogen-bond donors (Lipinski definition) is 1. The van der Waals surface area contributed by atoms with Crippen LogP contribution in [0.5, 0.6) is 11.5 Å². The predicted octanol–water partition coefficient (Wildman–Crippen LogP) is 3.82. The molecule has 0 aromatic heterocycles. The summed E-state index contributed by atoms with van der Waals surface area (Å²) in [5.74, 6) is -1.18. The van der Waals surface area contributed by atoms with Crippen LogP contribution >= 0.6 is 0 Å². The van der Waals surface area contributed by atoms with Crippen LogP contribution in [0, 0.1) is 19.7 Å². The van der Waals surface area contributed by atoms with Gasteiger partial charge in [0.15, 0.2) is 11.5 Å². The standard InChI is InChI=1S/C29H34FN3O6S/c1-19-13-20(2)15-23(14-19)33(40(36,37)24-11-12-26(38-5)27(16-24)39-6)18-28(34)32(21(3)29(35)31-4)17-22-9-7-8-10-25(22)30/h7-16,21H,17-18H2,1-6H3,(H,31,35)/t21-/m1/s1. The van der Waals surface area contributed by atoms with Crippen LogP contribution in [0.2, 0.25) is 0 Å². The van der Waals surface area contributed by atoms with Crippen molar-refractivity contribution in [2.24, 2.45) is 0 Å². The van der Waals surface area contributed by atoms with Crippen molar-refractivity contribution in [3.63, 3.8) is 0 Å². The predicted molar refractivity (Wildman–Crippen MR) is 150 cm³/mol. The first-order chi connectivity index (χ1) is 18.9. The fraction of sp³-hybridized carbons (Fsp3) is 0.310. The third kappa shape index (κ3) is 6.71. The van der Waals surface area contributed by atoms with Crippen molar-refractivity contribution in [1.29, 1.82) is 0 Å². The number of halogens is 1. The number of anilines is 1. The maximum absolute atomic E-state index is 14.6. The van der Waals surface area contributed by atoms with Gasteiger partial charge >= 0.3 is 0 Å². The van der Waals surface area contributed by atoms with Gasteiger partial charge in [-0.2, -0.15) is 0 Å². The number of hydrogen-bond acceptors (Lipinski definition) is 6. The summed E-state index contributed by atoms with van der Waals surface area (Å²) in [5, 5.41) is 2.50. The van der Waals surface area contributed by atoms with Crippen LogP contribution in [0.15, 0.2) is 65.6 Å². The van der Waals surface area contributed by atoms with Gasteiger partial charge in [0, 0.05) is 25.2 Å². The van der Waals surface area contributed by atoms with Crippen LogP contribution in [0.25, 0.3) is 0 Å². The molecule has 11 heteroatoms. The van der Waals surface area contributed by atoms with Crippen molar-refractivity contribution >= 4 is 27.5 Å². The Hall–Kier alpha value is -4.12. The Morgan fingerprint density at radius 1 is 0.950 bits per heavy atom. The van der Waals surface area contributed by atoms with E-state index in [1.54, 1.807) is 18.2 Å². The third-order valence-electron chi connectivity index (χ3n) is 6.43. The SMILES string of the molecule is CNC(=O)[C@@H](C)N(Cc1ccccc1F)C(=O)CN(c1cc(C)cc(C)c1)S(=O)(=O)c1ccc(OC)c(OC)c1. The summed E-state index contributed by atoms with van der Waals surface area (Å²) in [6, 6.07) is 14.2. The van der Waals surface area contributed by atoms with Crippen molar-refractivity contribution in [2.45, 2.75) is 38.3 Å². The molecule has 0 unspecified atom stereocenters. The lowest BCUT2D eigenvalue weighted by atomic mass is 10.1. The van der Waals surface area contributed by atoms with Crippen LogP contribution in [0.3, 0.4) is 0 Å². The summed E-state index contributed by atoms with van der Waals surface area (Å²) in [5.41, 5.74) is 2.03. The first-order valence-electron chi connectivity index (χ1n) is 12.5. The maximum Gasteiger partial charge on any atom is 0.264 e. The average molecular weight is 572 g/mol. The Morgan fingerprint density at radius 3 is 2.15 bits per heavy atom. The van der Waals surface area contributed by atoms with Gasteiger partial charge in [-0.05, 0) is 62.2 Å². The summed E-state index contributed by atoms with van der Waals surface area (Å²) in [4.78, 5) is 27.5. The molecule has 1 N–H and O–H groups in total. The molecule has 3 aromatic carbocycles. The number of nitrogens with zero attached hydrogens (tertiary/aromatic N) is 2. The highest BCUT2D eigenvalue weighted by molar-refractivity contribution is 7.92. The van der Waals surface area contributed by atoms with Crippen LogP contribution in [0.4, 0.5) is 10.1 Å². The fourth-order valence-corrected chi connectivity index (χ4v) is 5.74. The lowest BCUT2D eigenvalue weighted by Gasteiger charge is -2.32. The number of amides is 2. The first kappa shape index (κ1) is 30.4. The van der Waals surface area contributed by atoms with E-state index in [0.29, 0.717) is 5.75 Å². The number of sulfonamides is 1. The van der Waals surface area contributed by atoms with Gasteiger partial charge in [0.25, 0.3) is 10.0 Å². The van der Waals surface area contributed by atoms with E-state index < -0.39 is 40.2 Å². The van der Waals surface area contributed by atoms with E-state index in [4.69, 9.17) is 9.47 Å². The minimum absolute atomic E-state index is 0.128. The molecule has 1 atom stereocenters. The van der Waals surface area contributed by atoms with Gasteiger partial charge in [0.1, 0.15) is 18.4 Å². The number of methoxy groups -OCH3 is 2. The Labute approximate surface area is 234 Å². The van der Waals surface area contributed by atoms with Gasteiger partial charge in [-0.25, -0.2) is 12.8 Å². The van der Waals surface area contributed by atoms with Crippen molar-refractivity contribution < 1.29 is 31.9 Å². The van der Waals surface area contributed by atoms with E-state index in [-0.39, 0.29) is 28.4 Å². The monoisotopic (exact) mass is 571 g/mol. The molecule has 0 bridgehead atoms. The van der Waals surface area contributed by atoms with E-state index in [2.05, 4.69) is 5.32 Å². The lowest BCUT2D eigenvalue weighted by molar-refractivity contribution is -0.139. The largest absolute Gasteiger partial charge is 0.493 e. The molecule has 40 heavy (non-hydrogen) atoms. The average Bonchev–Trinajstić information content (AvgIpc) is 2.93. The van der Waals surface area contributed by atoms with Crippen LogP contribution in [0.1, 0.15) is 23.6 Å². The zero-order chi connectivity index (χ0) is 29.6. The number of carbonyl (C=O) groups excluding carboxylic acids is 2. The molecule has 0 radical (unpaired) electrons. The Balaban J connectivity index is 2.12. The summed E-state index contributed by atoms with van der Waals surface area (Å²) in [6.07, 6.45) is 0. The van der Waals surface area contributed by atoms with Gasteiger partial charge in [0.05, 0.1) is 24.8 Å². The van der Waals surface area contributed by atoms with E-state index in [1.807, 2.05) is 19.9 Å². The number of aryl methyl sites for hydroxylation is 2. The van der Waals surface area contributed by atoms with Crippen LogP contribution in [-0.2, 0) is 26.2 Å². The molecule has 2 amide bonds. The molecule has 0 heterocycles. The highest BCUT2D eigenvalue weighted by atomic mass is 32.2. The highest BCUT2D eigenvalue weighted by Gasteiger charge is 2.33. The molecule has 0 aliphatic rings. The van der Waals surface area contributed by atoms with Gasteiger partial charge in [0.2, 0.25) is 11.8 Å². The molecule has 3 rings (SSSR count). The van der Waals surface area contributed by atoms with Crippen LogP contribution in [-0.4, -0.2) is 59.0 Å². The molecule has 0 aliphatic carbocycles. The van der Waals surface area contributed by atoms with E-state index in [9.17, 15) is 22.4 Å². The van der Waals surface area contributed by atoms with Crippen molar-refractivity contribution in [3.05, 3.63) is 83.2 Å². The topological polar surface area (TPSA) is 105 Å². The lowest BCUT2D eigenvalue weighted by Crippen LogP contribution is -2.50. The van der Waals surface area contributed by atoms with E-state index in [0.717, 1.165) is 20.3 Å². The van der Waals surface area contributed by atoms with E-state index >= 15 is 0 Å². The number of rotatable bonds is 11. The Bertz CT molecular complexity index is 1470. The summed E-state index contributed by atoms with van der Waals surface area (Å²) >= 11 is 0. The molecule has 0 fully saturated rings. The molecule has 0 spiro atoms. The Kier molecular flexibility index (Phi) is 9.75. The molecule has 0 aliphatic heterocycles. The quantitative estimate of drug-likeness (QED) is 0.375. The zero-order valence-corrected chi connectivity index (χ0v) is 24.2. The van der Waals surface area contributed by atoms with Gasteiger partial charge in [-0.1, -0.05) is 24.3 Å². The molecule has 0 saturated heterocycles.